The fourth-order valence-corrected chi connectivity index (χ4v) is 17.7. The molecule has 0 unspecified atom stereocenters. The molecule has 0 bridgehead atoms. The third-order valence-electron chi connectivity index (χ3n) is 4.97. The molecule has 9 nitrogen and oxygen atoms in total. The topological polar surface area (TPSA) is 73.2 Å². The summed E-state index contributed by atoms with van der Waals surface area (Å²) in [7, 11) is -5.76. The van der Waals surface area contributed by atoms with Crippen LogP contribution in [0.25, 0.3) is 0 Å². The van der Waals surface area contributed by atoms with Crippen molar-refractivity contribution in [2.45, 2.75) is 6.42 Å². The Morgan fingerprint density at radius 1 is 0.565 bits per heavy atom. The van der Waals surface area contributed by atoms with Gasteiger partial charge in [0.25, 0.3) is 0 Å². The molecule has 0 saturated carbocycles. The van der Waals surface area contributed by atoms with Crippen molar-refractivity contribution in [1.29, 1.82) is 0 Å². The minimum Gasteiger partial charge on any atom is -0.253 e. The number of hydrogen-bond donors (Lipinski definition) is 2. The first-order valence-electron chi connectivity index (χ1n) is 8.68. The van der Waals surface area contributed by atoms with Crippen molar-refractivity contribution < 1.29 is 0 Å². The zero-order valence-corrected chi connectivity index (χ0v) is 15.9. The second-order valence-corrected chi connectivity index (χ2v) is 15.3. The maximum Gasteiger partial charge on any atom is 0.221 e. The molecule has 0 aromatic heterocycles. The normalized spacial score (nSPS) is 37.6. The van der Waals surface area contributed by atoms with E-state index in [0.29, 0.717) is 0 Å². The maximum atomic E-state index is 5.58. The Hall–Kier alpha value is 0.450. The van der Waals surface area contributed by atoms with Crippen molar-refractivity contribution in [3.63, 3.8) is 0 Å². The van der Waals surface area contributed by atoms with Crippen molar-refractivity contribution in [2.75, 3.05) is 65.4 Å². The average molecular weight is 375 g/mol. The smallest absolute Gasteiger partial charge is 0.221 e. The highest BCUT2D eigenvalue weighted by Gasteiger charge is 2.56. The molecule has 5 fully saturated rings. The Bertz CT molecular complexity index is 647. The molecule has 12 heteroatoms. The van der Waals surface area contributed by atoms with Crippen molar-refractivity contribution in [3.8, 4) is 0 Å². The number of nitrogens with zero attached hydrogens (tertiary/aromatic N) is 7. The molecule has 1 spiro atoms. The number of rotatable bonds is 4. The summed E-state index contributed by atoms with van der Waals surface area (Å²) in [4.78, 5) is 0. The van der Waals surface area contributed by atoms with E-state index in [0.717, 1.165) is 65.4 Å². The molecule has 0 aliphatic carbocycles. The predicted octanol–water partition coefficient (Wildman–Crippen LogP) is 1.68. The molecule has 6 aliphatic heterocycles. The molecule has 128 valence electrons. The lowest BCUT2D eigenvalue weighted by Gasteiger charge is -2.39. The average Bonchev–Trinajstić information content (AvgIpc) is 3.38. The van der Waals surface area contributed by atoms with Gasteiger partial charge in [0.2, 0.25) is 22.5 Å². The van der Waals surface area contributed by atoms with Crippen LogP contribution in [0.4, 0.5) is 0 Å². The monoisotopic (exact) mass is 375 g/mol. The SMILES string of the molecule is C1CNP2(=NP(N3CC3)(N3CC3)=NP(N3CC3)(N3CC3)=N2)NC1. The van der Waals surface area contributed by atoms with Crippen molar-refractivity contribution in [3.05, 3.63) is 0 Å². The van der Waals surface area contributed by atoms with Crippen LogP contribution in [-0.4, -0.2) is 84.1 Å². The van der Waals surface area contributed by atoms with Crippen LogP contribution in [0.3, 0.4) is 0 Å². The molecule has 0 amide bonds. The number of hydrogen-bond acceptors (Lipinski definition) is 9. The van der Waals surface area contributed by atoms with Crippen molar-refractivity contribution >= 4 is 22.5 Å². The summed E-state index contributed by atoms with van der Waals surface area (Å²) in [6.45, 7) is 11.4. The Morgan fingerprint density at radius 3 is 1.43 bits per heavy atom. The van der Waals surface area contributed by atoms with Gasteiger partial charge in [-0.15, -0.1) is 0 Å². The second kappa shape index (κ2) is 4.79. The van der Waals surface area contributed by atoms with Crippen LogP contribution in [0.5, 0.6) is 0 Å². The van der Waals surface area contributed by atoms with Gasteiger partial charge < -0.3 is 0 Å². The molecule has 0 radical (unpaired) electrons. The molecule has 0 atom stereocenters. The minimum absolute atomic E-state index is 1.04. The van der Waals surface area contributed by atoms with E-state index in [1.54, 1.807) is 0 Å². The van der Waals surface area contributed by atoms with Gasteiger partial charge in [-0.2, -0.15) is 13.5 Å². The Morgan fingerprint density at radius 2 is 1.00 bits per heavy atom. The first kappa shape index (κ1) is 14.6. The molecule has 6 aliphatic rings. The van der Waals surface area contributed by atoms with Crippen LogP contribution in [0.1, 0.15) is 6.42 Å². The lowest BCUT2D eigenvalue weighted by Crippen LogP contribution is -2.32. The van der Waals surface area contributed by atoms with E-state index in [2.05, 4.69) is 28.9 Å². The summed E-state index contributed by atoms with van der Waals surface area (Å²) in [5.41, 5.74) is 0. The van der Waals surface area contributed by atoms with E-state index in [9.17, 15) is 0 Å². The summed E-state index contributed by atoms with van der Waals surface area (Å²) in [5.74, 6) is 0. The predicted molar refractivity (Wildman–Crippen MR) is 95.0 cm³/mol. The van der Waals surface area contributed by atoms with Gasteiger partial charge in [-0.25, -0.2) is 18.7 Å². The third kappa shape index (κ3) is 2.26. The van der Waals surface area contributed by atoms with Gasteiger partial charge in [0.05, 0.1) is 0 Å². The third-order valence-corrected chi connectivity index (χ3v) is 16.8. The van der Waals surface area contributed by atoms with Crippen LogP contribution in [0.15, 0.2) is 13.5 Å². The Kier molecular flexibility index (Phi) is 3.04. The van der Waals surface area contributed by atoms with E-state index in [-0.39, 0.29) is 0 Å². The zero-order valence-electron chi connectivity index (χ0n) is 13.3. The first-order valence-corrected chi connectivity index (χ1v) is 13.6. The molecule has 5 saturated heterocycles. The molecule has 2 N–H and O–H groups in total. The van der Waals surface area contributed by atoms with Crippen LogP contribution >= 0.6 is 22.5 Å². The highest BCUT2D eigenvalue weighted by atomic mass is 31.3. The van der Waals surface area contributed by atoms with Gasteiger partial charge in [-0.05, 0) is 6.42 Å². The largest absolute Gasteiger partial charge is 0.253 e. The molecule has 23 heavy (non-hydrogen) atoms. The van der Waals surface area contributed by atoms with E-state index in [4.69, 9.17) is 13.5 Å². The fourth-order valence-electron chi connectivity index (χ4n) is 3.37. The van der Waals surface area contributed by atoms with Crippen LogP contribution in [0.2, 0.25) is 0 Å². The van der Waals surface area contributed by atoms with Gasteiger partial charge in [0.1, 0.15) is 0 Å². The van der Waals surface area contributed by atoms with E-state index >= 15 is 0 Å². The first-order chi connectivity index (χ1) is 11.2. The molecular formula is C11H24N9P3. The number of nitrogens with one attached hydrogen (secondary N) is 2. The fraction of sp³-hybridized carbons (Fsp3) is 1.00. The van der Waals surface area contributed by atoms with Gasteiger partial charge >= 0.3 is 0 Å². The van der Waals surface area contributed by atoms with Gasteiger partial charge in [0.15, 0.2) is 0 Å². The quantitative estimate of drug-likeness (QED) is 0.576. The molecule has 0 aromatic rings. The lowest BCUT2D eigenvalue weighted by atomic mass is 10.4. The molecule has 6 rings (SSSR count). The van der Waals surface area contributed by atoms with Gasteiger partial charge in [-0.3, -0.25) is 10.2 Å². The van der Waals surface area contributed by atoms with Crippen LogP contribution in [0, 0.1) is 0 Å². The minimum atomic E-state index is -1.99. The summed E-state index contributed by atoms with van der Waals surface area (Å²) >= 11 is 0. The van der Waals surface area contributed by atoms with Crippen molar-refractivity contribution in [1.82, 2.24) is 28.9 Å². The van der Waals surface area contributed by atoms with Crippen LogP contribution in [-0.2, 0) is 0 Å². The maximum absolute atomic E-state index is 5.58. The van der Waals surface area contributed by atoms with E-state index < -0.39 is 22.5 Å². The highest BCUT2D eigenvalue weighted by molar-refractivity contribution is 7.83. The highest BCUT2D eigenvalue weighted by Crippen LogP contribution is 2.83. The molecule has 0 aromatic carbocycles. The Balaban J connectivity index is 1.62. The molecule has 6 heterocycles. The van der Waals surface area contributed by atoms with E-state index in [1.807, 2.05) is 0 Å². The standard InChI is InChI=1S/C11H24N9P3/c1-2-12-21(13-3-1)14-22(17-4-5-17,18-6-7-18)16-23(15-21,19-8-9-19)20-10-11-20/h12-13H,1-11H2. The Labute approximate surface area is 137 Å². The summed E-state index contributed by atoms with van der Waals surface area (Å²) in [5, 5.41) is 7.46. The lowest BCUT2D eigenvalue weighted by molar-refractivity contribution is 0.704. The summed E-state index contributed by atoms with van der Waals surface area (Å²) in [6.07, 6.45) is 1.17. The zero-order chi connectivity index (χ0) is 15.1. The molecular weight excluding hydrogens is 351 g/mol. The van der Waals surface area contributed by atoms with Crippen LogP contribution < -0.4 is 10.2 Å². The summed E-state index contributed by atoms with van der Waals surface area (Å²) < 4.78 is 26.7. The van der Waals surface area contributed by atoms with Crippen molar-refractivity contribution in [2.24, 2.45) is 13.5 Å². The van der Waals surface area contributed by atoms with Gasteiger partial charge in [-0.1, -0.05) is 0 Å². The second-order valence-electron chi connectivity index (χ2n) is 6.93. The van der Waals surface area contributed by atoms with E-state index in [1.165, 1.54) is 6.42 Å². The summed E-state index contributed by atoms with van der Waals surface area (Å²) in [6, 6.07) is 0. The van der Waals surface area contributed by atoms with Gasteiger partial charge in [0, 0.05) is 65.4 Å².